The van der Waals surface area contributed by atoms with Crippen molar-refractivity contribution < 1.29 is 9.53 Å². The highest BCUT2D eigenvalue weighted by molar-refractivity contribution is 5.92. The highest BCUT2D eigenvalue weighted by atomic mass is 16.5. The lowest BCUT2D eigenvalue weighted by molar-refractivity contribution is 0.0914. The van der Waals surface area contributed by atoms with Crippen LogP contribution in [0.1, 0.15) is 44.1 Å². The summed E-state index contributed by atoms with van der Waals surface area (Å²) in [5, 5.41) is 6.17. The molecule has 1 unspecified atom stereocenters. The Bertz CT molecular complexity index is 445. The molecule has 1 fully saturated rings. The average Bonchev–Trinajstić information content (AvgIpc) is 2.88. The number of hydrogen-bond donors (Lipinski definition) is 2. The maximum Gasteiger partial charge on any atom is 0.270 e. The summed E-state index contributed by atoms with van der Waals surface area (Å²) in [5.41, 5.74) is 1.09. The van der Waals surface area contributed by atoms with Crippen LogP contribution in [0.2, 0.25) is 0 Å². The third kappa shape index (κ3) is 4.49. The second-order valence-electron chi connectivity index (χ2n) is 6.15. The Kier molecular flexibility index (Phi) is 4.60. The minimum Gasteiger partial charge on any atom is -0.381 e. The number of anilines is 1. The van der Waals surface area contributed by atoms with Gasteiger partial charge < -0.3 is 15.4 Å². The van der Waals surface area contributed by atoms with Gasteiger partial charge in [0.05, 0.1) is 18.0 Å². The van der Waals surface area contributed by atoms with Crippen LogP contribution in [0.3, 0.4) is 0 Å². The van der Waals surface area contributed by atoms with Crippen molar-refractivity contribution in [1.82, 2.24) is 10.3 Å². The van der Waals surface area contributed by atoms with E-state index in [9.17, 15) is 4.79 Å². The Hall–Kier alpha value is -1.62. The summed E-state index contributed by atoms with van der Waals surface area (Å²) in [6, 6.07) is 3.61. The monoisotopic (exact) mass is 277 g/mol. The molecule has 0 spiro atoms. The molecule has 1 aromatic heterocycles. The lowest BCUT2D eigenvalue weighted by atomic mass is 10.1. The van der Waals surface area contributed by atoms with Gasteiger partial charge in [-0.05, 0) is 45.7 Å². The first-order valence-corrected chi connectivity index (χ1v) is 7.08. The predicted molar refractivity (Wildman–Crippen MR) is 78.9 cm³/mol. The Balaban J connectivity index is 1.87. The van der Waals surface area contributed by atoms with E-state index in [0.717, 1.165) is 31.7 Å². The number of ether oxygens (including phenoxy) is 1. The molecule has 0 aromatic carbocycles. The second kappa shape index (κ2) is 6.22. The van der Waals surface area contributed by atoms with E-state index >= 15 is 0 Å². The summed E-state index contributed by atoms with van der Waals surface area (Å²) in [6.07, 6.45) is 4.22. The summed E-state index contributed by atoms with van der Waals surface area (Å²) < 4.78 is 5.54. The van der Waals surface area contributed by atoms with E-state index in [4.69, 9.17) is 4.74 Å². The van der Waals surface area contributed by atoms with Gasteiger partial charge in [0.2, 0.25) is 0 Å². The van der Waals surface area contributed by atoms with Crippen LogP contribution in [0.5, 0.6) is 0 Å². The molecule has 110 valence electrons. The van der Waals surface area contributed by atoms with Crippen molar-refractivity contribution in [3.05, 3.63) is 24.0 Å². The Morgan fingerprint density at radius 3 is 2.80 bits per heavy atom. The Morgan fingerprint density at radius 1 is 1.45 bits per heavy atom. The summed E-state index contributed by atoms with van der Waals surface area (Å²) in [7, 11) is 0. The first kappa shape index (κ1) is 14.8. The van der Waals surface area contributed by atoms with Gasteiger partial charge in [-0.15, -0.1) is 0 Å². The van der Waals surface area contributed by atoms with E-state index in [-0.39, 0.29) is 11.4 Å². The van der Waals surface area contributed by atoms with Crippen LogP contribution in [0, 0.1) is 0 Å². The van der Waals surface area contributed by atoms with Crippen molar-refractivity contribution >= 4 is 11.6 Å². The first-order valence-electron chi connectivity index (χ1n) is 7.08. The van der Waals surface area contributed by atoms with Crippen LogP contribution in [0.25, 0.3) is 0 Å². The van der Waals surface area contributed by atoms with E-state index in [1.165, 1.54) is 0 Å². The van der Waals surface area contributed by atoms with Crippen LogP contribution in [0.4, 0.5) is 5.69 Å². The minimum absolute atomic E-state index is 0.150. The van der Waals surface area contributed by atoms with E-state index in [1.54, 1.807) is 12.3 Å². The molecule has 1 saturated heterocycles. The third-order valence-electron chi connectivity index (χ3n) is 3.04. The van der Waals surface area contributed by atoms with Crippen LogP contribution in [0.15, 0.2) is 18.3 Å². The normalized spacial score (nSPS) is 18.9. The van der Waals surface area contributed by atoms with E-state index < -0.39 is 0 Å². The van der Waals surface area contributed by atoms with E-state index in [1.807, 2.05) is 26.8 Å². The van der Waals surface area contributed by atoms with Gasteiger partial charge in [0.15, 0.2) is 0 Å². The maximum atomic E-state index is 11.9. The topological polar surface area (TPSA) is 63.2 Å². The molecule has 1 amide bonds. The largest absolute Gasteiger partial charge is 0.381 e. The summed E-state index contributed by atoms with van der Waals surface area (Å²) in [6.45, 7) is 7.49. The smallest absolute Gasteiger partial charge is 0.270 e. The molecule has 0 bridgehead atoms. The van der Waals surface area contributed by atoms with Gasteiger partial charge in [-0.3, -0.25) is 4.79 Å². The first-order chi connectivity index (χ1) is 9.44. The zero-order chi connectivity index (χ0) is 14.6. The Labute approximate surface area is 120 Å². The fraction of sp³-hybridized carbons (Fsp3) is 0.600. The van der Waals surface area contributed by atoms with Gasteiger partial charge in [0, 0.05) is 18.7 Å². The van der Waals surface area contributed by atoms with Crippen molar-refractivity contribution in [2.24, 2.45) is 0 Å². The van der Waals surface area contributed by atoms with Crippen molar-refractivity contribution in [3.8, 4) is 0 Å². The number of carbonyl (C=O) groups excluding carboxylic acids is 1. The fourth-order valence-electron chi connectivity index (χ4n) is 2.07. The standard InChI is InChI=1S/C15H23N3O2/c1-15(2,3)18-14(19)13-7-6-11(9-17-13)16-10-12-5-4-8-20-12/h6-7,9,12,16H,4-5,8,10H2,1-3H3,(H,18,19). The van der Waals surface area contributed by atoms with E-state index in [2.05, 4.69) is 15.6 Å². The molecule has 1 aliphatic rings. The molecule has 0 aliphatic carbocycles. The number of nitrogens with zero attached hydrogens (tertiary/aromatic N) is 1. The molecule has 5 heteroatoms. The number of carbonyl (C=O) groups is 1. The van der Waals surface area contributed by atoms with Crippen molar-refractivity contribution in [3.63, 3.8) is 0 Å². The van der Waals surface area contributed by atoms with Gasteiger partial charge in [-0.1, -0.05) is 0 Å². The summed E-state index contributed by atoms with van der Waals surface area (Å²) in [5.74, 6) is -0.150. The SMILES string of the molecule is CC(C)(C)NC(=O)c1ccc(NCC2CCCO2)cn1. The third-order valence-corrected chi connectivity index (χ3v) is 3.04. The highest BCUT2D eigenvalue weighted by Gasteiger charge is 2.17. The van der Waals surface area contributed by atoms with Crippen molar-refractivity contribution in [2.75, 3.05) is 18.5 Å². The molecule has 1 atom stereocenters. The zero-order valence-corrected chi connectivity index (χ0v) is 12.4. The van der Waals surface area contributed by atoms with E-state index in [0.29, 0.717) is 11.8 Å². The fourth-order valence-corrected chi connectivity index (χ4v) is 2.07. The number of nitrogens with one attached hydrogen (secondary N) is 2. The number of pyridine rings is 1. The molecule has 2 heterocycles. The number of rotatable bonds is 4. The van der Waals surface area contributed by atoms with Crippen LogP contribution >= 0.6 is 0 Å². The number of hydrogen-bond acceptors (Lipinski definition) is 4. The quantitative estimate of drug-likeness (QED) is 0.885. The Morgan fingerprint density at radius 2 is 2.25 bits per heavy atom. The molecule has 1 aliphatic heterocycles. The van der Waals surface area contributed by atoms with Gasteiger partial charge in [0.1, 0.15) is 5.69 Å². The molecule has 0 saturated carbocycles. The molecule has 2 N–H and O–H groups in total. The maximum absolute atomic E-state index is 11.9. The minimum atomic E-state index is -0.254. The molecule has 20 heavy (non-hydrogen) atoms. The lowest BCUT2D eigenvalue weighted by Gasteiger charge is -2.20. The summed E-state index contributed by atoms with van der Waals surface area (Å²) >= 11 is 0. The van der Waals surface area contributed by atoms with Crippen LogP contribution < -0.4 is 10.6 Å². The van der Waals surface area contributed by atoms with Crippen molar-refractivity contribution in [2.45, 2.75) is 45.3 Å². The lowest BCUT2D eigenvalue weighted by Crippen LogP contribution is -2.40. The van der Waals surface area contributed by atoms with Gasteiger partial charge in [-0.25, -0.2) is 4.98 Å². The number of aromatic nitrogens is 1. The van der Waals surface area contributed by atoms with Crippen LogP contribution in [-0.4, -0.2) is 35.7 Å². The molecular weight excluding hydrogens is 254 g/mol. The molecular formula is C15H23N3O2. The molecule has 2 rings (SSSR count). The highest BCUT2D eigenvalue weighted by Crippen LogP contribution is 2.14. The van der Waals surface area contributed by atoms with Gasteiger partial charge in [-0.2, -0.15) is 0 Å². The van der Waals surface area contributed by atoms with Gasteiger partial charge in [0.25, 0.3) is 5.91 Å². The summed E-state index contributed by atoms with van der Waals surface area (Å²) in [4.78, 5) is 16.1. The number of amides is 1. The van der Waals surface area contributed by atoms with Crippen LogP contribution in [-0.2, 0) is 4.74 Å². The molecule has 5 nitrogen and oxygen atoms in total. The van der Waals surface area contributed by atoms with Crippen molar-refractivity contribution in [1.29, 1.82) is 0 Å². The second-order valence-corrected chi connectivity index (χ2v) is 6.15. The molecule has 0 radical (unpaired) electrons. The zero-order valence-electron chi connectivity index (χ0n) is 12.4. The molecule has 1 aromatic rings. The predicted octanol–water partition coefficient (Wildman–Crippen LogP) is 2.20. The average molecular weight is 277 g/mol. The van der Waals surface area contributed by atoms with Gasteiger partial charge >= 0.3 is 0 Å².